The van der Waals surface area contributed by atoms with E-state index < -0.39 is 5.91 Å². The Labute approximate surface area is 177 Å². The first-order valence-corrected chi connectivity index (χ1v) is 10.0. The van der Waals surface area contributed by atoms with Crippen LogP contribution in [0.1, 0.15) is 36.5 Å². The average molecular weight is 404 g/mol. The lowest BCUT2D eigenvalue weighted by Crippen LogP contribution is -2.34. The topological polar surface area (TPSA) is 111 Å². The minimum atomic E-state index is -0.464. The predicted octanol–water partition coefficient (Wildman–Crippen LogP) is 1.71. The molecule has 0 aliphatic carbocycles. The van der Waals surface area contributed by atoms with E-state index in [-0.39, 0.29) is 0 Å². The van der Waals surface area contributed by atoms with E-state index in [1.807, 2.05) is 37.3 Å². The van der Waals surface area contributed by atoms with Gasteiger partial charge in [0.15, 0.2) is 0 Å². The number of nitrogens with zero attached hydrogens (tertiary/aromatic N) is 2. The van der Waals surface area contributed by atoms with Gasteiger partial charge in [-0.05, 0) is 67.2 Å². The quantitative estimate of drug-likeness (QED) is 0.496. The van der Waals surface area contributed by atoms with Crippen LogP contribution in [0.4, 0.5) is 0 Å². The Balaban J connectivity index is 2.22. The summed E-state index contributed by atoms with van der Waals surface area (Å²) in [6, 6.07) is 5.37. The second kappa shape index (κ2) is 8.97. The number of nitrogens with two attached hydrogens (primary N) is 3. The van der Waals surface area contributed by atoms with E-state index in [2.05, 4.69) is 18.2 Å². The zero-order valence-electron chi connectivity index (χ0n) is 17.4. The van der Waals surface area contributed by atoms with Gasteiger partial charge in [-0.15, -0.1) is 0 Å². The van der Waals surface area contributed by atoms with Crippen molar-refractivity contribution in [3.8, 4) is 0 Å². The number of benzene rings is 1. The zero-order chi connectivity index (χ0) is 21.8. The number of hydrogen-bond acceptors (Lipinski definition) is 5. The summed E-state index contributed by atoms with van der Waals surface area (Å²) in [5, 5.41) is 3.53. The molecule has 1 saturated heterocycles. The number of hydrogen-bond donors (Lipinski definition) is 3. The fraction of sp³-hybridized carbons (Fsp3) is 0.250. The van der Waals surface area contributed by atoms with Crippen molar-refractivity contribution in [1.29, 1.82) is 0 Å². The van der Waals surface area contributed by atoms with Crippen molar-refractivity contribution in [2.24, 2.45) is 22.3 Å². The Hall–Kier alpha value is -3.38. The molecular formula is C24H29N5O. The standard InChI is InChI=1S/C24H29N5O/c1-15(6-4-7-16(2)25)17(3)23(22-8-5-13-29(22)27)19-11-12-28-21-10-9-18(24(26)30)14-20(19)21/h4,6-7,9-10,14H,1,3,5,8,11-13,25,27H2,2H3,(H2,26,30)/b6-4-,16-7-,23-22+. The van der Waals surface area contributed by atoms with E-state index in [0.29, 0.717) is 17.8 Å². The maximum atomic E-state index is 11.8. The summed E-state index contributed by atoms with van der Waals surface area (Å²) in [5.74, 6) is 5.85. The second-order valence-electron chi connectivity index (χ2n) is 7.60. The Bertz CT molecular complexity index is 1120. The number of hydrazine groups is 1. The highest BCUT2D eigenvalue weighted by Gasteiger charge is 2.24. The van der Waals surface area contributed by atoms with Crippen molar-refractivity contribution >= 4 is 11.5 Å². The number of amides is 1. The van der Waals surface area contributed by atoms with Gasteiger partial charge in [0.2, 0.25) is 5.91 Å². The minimum Gasteiger partial charge on any atom is -0.402 e. The molecule has 0 unspecified atom stereocenters. The van der Waals surface area contributed by atoms with Gasteiger partial charge < -0.3 is 16.5 Å². The van der Waals surface area contributed by atoms with Gasteiger partial charge in [0.25, 0.3) is 0 Å². The molecule has 1 aromatic carbocycles. The first-order chi connectivity index (χ1) is 14.3. The number of rotatable bonds is 6. The number of primary amides is 1. The van der Waals surface area contributed by atoms with Gasteiger partial charge >= 0.3 is 0 Å². The molecule has 30 heavy (non-hydrogen) atoms. The van der Waals surface area contributed by atoms with Gasteiger partial charge in [-0.3, -0.25) is 9.79 Å². The molecule has 1 amide bonds. The van der Waals surface area contributed by atoms with Crippen LogP contribution < -0.4 is 27.9 Å². The number of carbonyl (C=O) groups excluding carboxylic acids is 1. The summed E-state index contributed by atoms with van der Waals surface area (Å²) in [5.41, 5.74) is 17.1. The maximum absolute atomic E-state index is 11.8. The van der Waals surface area contributed by atoms with E-state index in [9.17, 15) is 4.79 Å². The van der Waals surface area contributed by atoms with Crippen LogP contribution in [0.25, 0.3) is 5.57 Å². The lowest BCUT2D eigenvalue weighted by molar-refractivity contribution is 0.1000. The summed E-state index contributed by atoms with van der Waals surface area (Å²) < 4.78 is 0. The highest BCUT2D eigenvalue weighted by molar-refractivity contribution is 5.93. The lowest BCUT2D eigenvalue weighted by atomic mass is 9.87. The Morgan fingerprint density at radius 3 is 2.63 bits per heavy atom. The molecule has 0 spiro atoms. The van der Waals surface area contributed by atoms with Gasteiger partial charge in [-0.1, -0.05) is 25.3 Å². The highest BCUT2D eigenvalue weighted by Crippen LogP contribution is 2.35. The molecule has 6 nitrogen and oxygen atoms in total. The normalized spacial score (nSPS) is 18.3. The Morgan fingerprint density at radius 2 is 2.00 bits per heavy atom. The molecular weight excluding hydrogens is 374 g/mol. The molecule has 0 radical (unpaired) electrons. The fourth-order valence-corrected chi connectivity index (χ4v) is 3.82. The second-order valence-corrected chi connectivity index (χ2v) is 7.60. The summed E-state index contributed by atoms with van der Waals surface area (Å²) in [6.07, 6.45) is 8.13. The third-order valence-electron chi connectivity index (χ3n) is 5.35. The first kappa shape index (κ1) is 21.3. The fourth-order valence-electron chi connectivity index (χ4n) is 3.82. The van der Waals surface area contributed by atoms with Gasteiger partial charge in [0, 0.05) is 40.8 Å². The van der Waals surface area contributed by atoms with Gasteiger partial charge in [0.05, 0.1) is 5.36 Å². The largest absolute Gasteiger partial charge is 0.402 e. The van der Waals surface area contributed by atoms with Crippen molar-refractivity contribution in [2.45, 2.75) is 26.2 Å². The van der Waals surface area contributed by atoms with E-state index >= 15 is 0 Å². The van der Waals surface area contributed by atoms with Crippen LogP contribution in [0.15, 0.2) is 82.7 Å². The summed E-state index contributed by atoms with van der Waals surface area (Å²) in [6.45, 7) is 11.8. The molecule has 1 aromatic rings. The van der Waals surface area contributed by atoms with Crippen molar-refractivity contribution in [3.63, 3.8) is 0 Å². The van der Waals surface area contributed by atoms with Crippen molar-refractivity contribution < 1.29 is 4.79 Å². The molecule has 0 atom stereocenters. The van der Waals surface area contributed by atoms with Crippen LogP contribution in [0, 0.1) is 0 Å². The highest BCUT2D eigenvalue weighted by atomic mass is 16.1. The average Bonchev–Trinajstić information content (AvgIpc) is 3.13. The predicted molar refractivity (Wildman–Crippen MR) is 121 cm³/mol. The van der Waals surface area contributed by atoms with Gasteiger partial charge in [0.1, 0.15) is 0 Å². The third-order valence-corrected chi connectivity index (χ3v) is 5.35. The van der Waals surface area contributed by atoms with Crippen LogP contribution in [0.3, 0.4) is 0 Å². The lowest BCUT2D eigenvalue weighted by Gasteiger charge is -2.24. The van der Waals surface area contributed by atoms with E-state index in [0.717, 1.165) is 64.4 Å². The zero-order valence-corrected chi connectivity index (χ0v) is 17.4. The smallest absolute Gasteiger partial charge is 0.248 e. The molecule has 156 valence electrons. The van der Waals surface area contributed by atoms with Crippen molar-refractivity contribution in [3.05, 3.63) is 93.8 Å². The van der Waals surface area contributed by atoms with E-state index in [1.165, 1.54) is 0 Å². The summed E-state index contributed by atoms with van der Waals surface area (Å²) >= 11 is 0. The van der Waals surface area contributed by atoms with E-state index in [4.69, 9.17) is 17.3 Å². The van der Waals surface area contributed by atoms with Crippen LogP contribution in [-0.4, -0.2) is 24.0 Å². The molecule has 0 saturated carbocycles. The Morgan fingerprint density at radius 1 is 1.23 bits per heavy atom. The van der Waals surface area contributed by atoms with Crippen LogP contribution in [0.2, 0.25) is 0 Å². The van der Waals surface area contributed by atoms with Crippen molar-refractivity contribution in [1.82, 2.24) is 5.01 Å². The van der Waals surface area contributed by atoms with Gasteiger partial charge in [-0.25, -0.2) is 5.84 Å². The third kappa shape index (κ3) is 4.44. The molecule has 3 rings (SSSR count). The summed E-state index contributed by atoms with van der Waals surface area (Å²) in [4.78, 5) is 16.4. The molecule has 0 aromatic heterocycles. The molecule has 1 fully saturated rings. The number of fused-ring (bicyclic) bond motifs is 1. The molecule has 2 aliphatic heterocycles. The van der Waals surface area contributed by atoms with Crippen LogP contribution >= 0.6 is 0 Å². The maximum Gasteiger partial charge on any atom is 0.248 e. The molecule has 6 N–H and O–H groups in total. The number of carbonyl (C=O) groups is 1. The van der Waals surface area contributed by atoms with Crippen molar-refractivity contribution in [2.75, 3.05) is 13.1 Å². The summed E-state index contributed by atoms with van der Waals surface area (Å²) in [7, 11) is 0. The van der Waals surface area contributed by atoms with Crippen LogP contribution in [0.5, 0.6) is 0 Å². The Kier molecular flexibility index (Phi) is 6.37. The molecule has 2 aliphatic rings. The monoisotopic (exact) mass is 403 g/mol. The van der Waals surface area contributed by atoms with Crippen LogP contribution in [-0.2, 0) is 0 Å². The first-order valence-electron chi connectivity index (χ1n) is 10.0. The molecule has 0 bridgehead atoms. The molecule has 6 heteroatoms. The number of allylic oxidation sites excluding steroid dienone is 8. The minimum absolute atomic E-state index is 0.455. The SMILES string of the molecule is C=C(/C=C\C=C(\C)N)C(=C)/C(C1=c2cc(C(N)=O)ccc2=NCC1)=C1/CCCN1N. The molecule has 2 heterocycles. The van der Waals surface area contributed by atoms with Gasteiger partial charge in [-0.2, -0.15) is 0 Å². The van der Waals surface area contributed by atoms with E-state index in [1.54, 1.807) is 11.1 Å².